The molecule has 5 heteroatoms. The summed E-state index contributed by atoms with van der Waals surface area (Å²) in [6, 6.07) is 4.34. The van der Waals surface area contributed by atoms with E-state index in [1.54, 1.807) is 0 Å². The number of carbonyl (C=O) groups is 1. The highest BCUT2D eigenvalue weighted by molar-refractivity contribution is 7.09. The Balaban J connectivity index is 1.30. The maximum absolute atomic E-state index is 12.2. The van der Waals surface area contributed by atoms with Crippen LogP contribution in [-0.4, -0.2) is 43.7 Å². The van der Waals surface area contributed by atoms with Crippen LogP contribution in [0, 0.1) is 23.7 Å². The van der Waals surface area contributed by atoms with Crippen molar-refractivity contribution >= 4 is 17.2 Å². The minimum atomic E-state index is 0.225. The molecule has 4 rings (SSSR count). The zero-order valence-corrected chi connectivity index (χ0v) is 14.4. The summed E-state index contributed by atoms with van der Waals surface area (Å²) < 4.78 is 5.81. The summed E-state index contributed by atoms with van der Waals surface area (Å²) in [6.45, 7) is 5.78. The van der Waals surface area contributed by atoms with Crippen LogP contribution in [0.1, 0.15) is 24.1 Å². The fourth-order valence-electron chi connectivity index (χ4n) is 4.05. The quantitative estimate of drug-likeness (QED) is 0.868. The maximum Gasteiger partial charge on any atom is 0.220 e. The van der Waals surface area contributed by atoms with Crippen molar-refractivity contribution < 1.29 is 9.53 Å². The summed E-state index contributed by atoms with van der Waals surface area (Å²) in [6.07, 6.45) is 3.21. The Hall–Kier alpha value is -0.910. The third kappa shape index (κ3) is 3.95. The number of nitrogens with zero attached hydrogens (tertiary/aromatic N) is 1. The molecule has 0 unspecified atom stereocenters. The average Bonchev–Trinajstić information content (AvgIpc) is 3.05. The van der Waals surface area contributed by atoms with E-state index in [0.717, 1.165) is 45.3 Å². The number of hydrogen-bond donors (Lipinski definition) is 1. The third-order valence-corrected chi connectivity index (χ3v) is 6.39. The Kier molecular flexibility index (Phi) is 4.69. The summed E-state index contributed by atoms with van der Waals surface area (Å²) in [5.74, 6) is 2.59. The van der Waals surface area contributed by atoms with E-state index in [1.165, 1.54) is 17.7 Å². The van der Waals surface area contributed by atoms with Crippen LogP contribution in [0.3, 0.4) is 0 Å². The Bertz CT molecular complexity index is 529. The van der Waals surface area contributed by atoms with E-state index in [4.69, 9.17) is 4.74 Å². The SMILES string of the molecule is O=C(C[C@@H]1COC[C@H]2CN(Cc3cccs3)C[C@@H]12)NCC1CC1. The molecule has 4 nitrogen and oxygen atoms in total. The third-order valence-electron chi connectivity index (χ3n) is 5.53. The Morgan fingerprint density at radius 3 is 3.04 bits per heavy atom. The van der Waals surface area contributed by atoms with Crippen LogP contribution in [0.2, 0.25) is 0 Å². The number of thiophene rings is 1. The standard InChI is InChI=1S/C18H26N2O2S/c21-18(19-7-13-3-4-13)6-14-11-22-12-15-8-20(10-17(14)15)9-16-2-1-5-23-16/h1-2,5,13-15,17H,3-4,6-12H2,(H,19,21)/t14-,15-,17+/m1/s1. The number of carbonyl (C=O) groups excluding carboxylic acids is 1. The van der Waals surface area contributed by atoms with Gasteiger partial charge in [0.15, 0.2) is 0 Å². The van der Waals surface area contributed by atoms with Gasteiger partial charge in [-0.15, -0.1) is 11.3 Å². The molecular formula is C18H26N2O2S. The van der Waals surface area contributed by atoms with Gasteiger partial charge in [-0.3, -0.25) is 9.69 Å². The Labute approximate surface area is 142 Å². The lowest BCUT2D eigenvalue weighted by atomic mass is 9.81. The number of likely N-dealkylation sites (tertiary alicyclic amines) is 1. The number of hydrogen-bond acceptors (Lipinski definition) is 4. The monoisotopic (exact) mass is 334 g/mol. The summed E-state index contributed by atoms with van der Waals surface area (Å²) in [7, 11) is 0. The molecule has 3 heterocycles. The second-order valence-corrected chi connectivity index (χ2v) is 8.48. The van der Waals surface area contributed by atoms with Gasteiger partial charge in [0.25, 0.3) is 0 Å². The van der Waals surface area contributed by atoms with Crippen LogP contribution < -0.4 is 5.32 Å². The first kappa shape index (κ1) is 15.6. The minimum Gasteiger partial charge on any atom is -0.381 e. The molecule has 3 atom stereocenters. The van der Waals surface area contributed by atoms with Crippen LogP contribution in [0.25, 0.3) is 0 Å². The number of nitrogens with one attached hydrogen (secondary N) is 1. The van der Waals surface area contributed by atoms with Crippen LogP contribution in [0.5, 0.6) is 0 Å². The van der Waals surface area contributed by atoms with Gasteiger partial charge in [0.2, 0.25) is 5.91 Å². The lowest BCUT2D eigenvalue weighted by Crippen LogP contribution is -2.38. The van der Waals surface area contributed by atoms with E-state index in [9.17, 15) is 4.79 Å². The van der Waals surface area contributed by atoms with Gasteiger partial charge in [0.05, 0.1) is 13.2 Å². The number of fused-ring (bicyclic) bond motifs is 1. The first-order chi connectivity index (χ1) is 11.3. The summed E-state index contributed by atoms with van der Waals surface area (Å²) in [4.78, 5) is 16.2. The molecule has 1 aromatic heterocycles. The van der Waals surface area contributed by atoms with E-state index in [0.29, 0.717) is 24.2 Å². The molecule has 1 N–H and O–H groups in total. The zero-order chi connectivity index (χ0) is 15.6. The van der Waals surface area contributed by atoms with Crippen molar-refractivity contribution in [3.05, 3.63) is 22.4 Å². The van der Waals surface area contributed by atoms with Crippen molar-refractivity contribution in [3.63, 3.8) is 0 Å². The molecule has 0 radical (unpaired) electrons. The molecule has 126 valence electrons. The molecule has 1 amide bonds. The van der Waals surface area contributed by atoms with E-state index < -0.39 is 0 Å². The van der Waals surface area contributed by atoms with Gasteiger partial charge in [-0.2, -0.15) is 0 Å². The molecule has 0 spiro atoms. The molecule has 2 aliphatic heterocycles. The molecule has 0 aromatic carbocycles. The number of ether oxygens (including phenoxy) is 1. The average molecular weight is 334 g/mol. The van der Waals surface area contributed by atoms with Gasteiger partial charge in [-0.1, -0.05) is 6.07 Å². The van der Waals surface area contributed by atoms with Crippen molar-refractivity contribution in [1.82, 2.24) is 10.2 Å². The highest BCUT2D eigenvalue weighted by Crippen LogP contribution is 2.36. The predicted octanol–water partition coefficient (Wildman–Crippen LogP) is 2.36. The fourth-order valence-corrected chi connectivity index (χ4v) is 4.79. The van der Waals surface area contributed by atoms with Gasteiger partial charge >= 0.3 is 0 Å². The van der Waals surface area contributed by atoms with Crippen LogP contribution in [0.4, 0.5) is 0 Å². The van der Waals surface area contributed by atoms with E-state index in [1.807, 2.05) is 11.3 Å². The van der Waals surface area contributed by atoms with Gasteiger partial charge in [0, 0.05) is 37.5 Å². The second kappa shape index (κ2) is 6.91. The number of amides is 1. The van der Waals surface area contributed by atoms with Crippen LogP contribution in [-0.2, 0) is 16.1 Å². The van der Waals surface area contributed by atoms with Crippen LogP contribution in [0.15, 0.2) is 17.5 Å². The van der Waals surface area contributed by atoms with Crippen molar-refractivity contribution in [2.75, 3.05) is 32.8 Å². The van der Waals surface area contributed by atoms with Gasteiger partial charge in [-0.25, -0.2) is 0 Å². The van der Waals surface area contributed by atoms with Crippen molar-refractivity contribution in [3.8, 4) is 0 Å². The first-order valence-electron chi connectivity index (χ1n) is 8.87. The molecular weight excluding hydrogens is 308 g/mol. The van der Waals surface area contributed by atoms with Gasteiger partial charge < -0.3 is 10.1 Å². The first-order valence-corrected chi connectivity index (χ1v) is 9.75. The number of rotatable bonds is 6. The van der Waals surface area contributed by atoms with Crippen LogP contribution >= 0.6 is 11.3 Å². The smallest absolute Gasteiger partial charge is 0.220 e. The van der Waals surface area contributed by atoms with E-state index in [2.05, 4.69) is 27.7 Å². The molecule has 1 saturated carbocycles. The lowest BCUT2D eigenvalue weighted by Gasteiger charge is -2.32. The van der Waals surface area contributed by atoms with Crippen molar-refractivity contribution in [2.45, 2.75) is 25.8 Å². The summed E-state index contributed by atoms with van der Waals surface area (Å²) in [5, 5.41) is 5.26. The maximum atomic E-state index is 12.2. The molecule has 3 fully saturated rings. The lowest BCUT2D eigenvalue weighted by molar-refractivity contribution is -0.124. The highest BCUT2D eigenvalue weighted by Gasteiger charge is 2.41. The molecule has 23 heavy (non-hydrogen) atoms. The molecule has 1 aliphatic carbocycles. The Morgan fingerprint density at radius 2 is 2.26 bits per heavy atom. The predicted molar refractivity (Wildman–Crippen MR) is 91.2 cm³/mol. The topological polar surface area (TPSA) is 41.6 Å². The fraction of sp³-hybridized carbons (Fsp3) is 0.722. The molecule has 3 aliphatic rings. The zero-order valence-electron chi connectivity index (χ0n) is 13.6. The van der Waals surface area contributed by atoms with E-state index in [-0.39, 0.29) is 5.91 Å². The normalized spacial score (nSPS) is 31.0. The molecule has 2 saturated heterocycles. The van der Waals surface area contributed by atoms with Crippen molar-refractivity contribution in [1.29, 1.82) is 0 Å². The summed E-state index contributed by atoms with van der Waals surface area (Å²) in [5.41, 5.74) is 0. The summed E-state index contributed by atoms with van der Waals surface area (Å²) >= 11 is 1.83. The Morgan fingerprint density at radius 1 is 1.35 bits per heavy atom. The second-order valence-electron chi connectivity index (χ2n) is 7.45. The highest BCUT2D eigenvalue weighted by atomic mass is 32.1. The van der Waals surface area contributed by atoms with Crippen molar-refractivity contribution in [2.24, 2.45) is 23.7 Å². The minimum absolute atomic E-state index is 0.225. The largest absolute Gasteiger partial charge is 0.381 e. The molecule has 1 aromatic rings. The molecule has 0 bridgehead atoms. The van der Waals surface area contributed by atoms with Gasteiger partial charge in [0.1, 0.15) is 0 Å². The van der Waals surface area contributed by atoms with Gasteiger partial charge in [-0.05, 0) is 48.0 Å². The van der Waals surface area contributed by atoms with E-state index >= 15 is 0 Å².